The fourth-order valence-electron chi connectivity index (χ4n) is 3.12. The fraction of sp³-hybridized carbons (Fsp3) is 0.923. The quantitative estimate of drug-likeness (QED) is 0.411. The fourth-order valence-corrected chi connectivity index (χ4v) is 7.04. The molecule has 7 heteroatoms. The van der Waals surface area contributed by atoms with Gasteiger partial charge in [0.25, 0.3) is 0 Å². The van der Waals surface area contributed by atoms with Crippen LogP contribution in [0.5, 0.6) is 0 Å². The normalized spacial score (nSPS) is 25.4. The van der Waals surface area contributed by atoms with E-state index in [1.165, 1.54) is 0 Å². The summed E-state index contributed by atoms with van der Waals surface area (Å²) >= 11 is 0. The average molecular weight is 305 g/mol. The second-order valence-electron chi connectivity index (χ2n) is 5.09. The Kier molecular flexibility index (Phi) is 7.11. The zero-order valence-electron chi connectivity index (χ0n) is 12.8. The zero-order valence-corrected chi connectivity index (χ0v) is 13.8. The molecular formula is C13H27NO5Si. The molecule has 0 bridgehead atoms. The molecule has 0 aliphatic carbocycles. The average Bonchev–Trinajstić information content (AvgIpc) is 2.51. The second-order valence-corrected chi connectivity index (χ2v) is 8.83. The van der Waals surface area contributed by atoms with Gasteiger partial charge in [-0.1, -0.05) is 12.8 Å². The molecule has 1 fully saturated rings. The third kappa shape index (κ3) is 3.59. The van der Waals surface area contributed by atoms with Gasteiger partial charge >= 0.3 is 14.5 Å². The molecule has 20 heavy (non-hydrogen) atoms. The highest BCUT2D eigenvalue weighted by Gasteiger charge is 2.58. The van der Waals surface area contributed by atoms with E-state index in [1.807, 2.05) is 0 Å². The van der Waals surface area contributed by atoms with Crippen molar-refractivity contribution in [3.05, 3.63) is 0 Å². The van der Waals surface area contributed by atoms with Gasteiger partial charge < -0.3 is 24.1 Å². The molecule has 2 N–H and O–H groups in total. The van der Waals surface area contributed by atoms with Crippen LogP contribution in [0, 0.1) is 0 Å². The van der Waals surface area contributed by atoms with Gasteiger partial charge in [0.05, 0.1) is 13.2 Å². The molecule has 0 saturated carbocycles. The lowest BCUT2D eigenvalue weighted by atomic mass is 10.1. The minimum absolute atomic E-state index is 0.0791. The molecule has 0 radical (unpaired) electrons. The molecule has 118 valence electrons. The first kappa shape index (κ1) is 17.6. The van der Waals surface area contributed by atoms with E-state index in [0.717, 1.165) is 38.1 Å². The van der Waals surface area contributed by atoms with Crippen molar-refractivity contribution in [3.63, 3.8) is 0 Å². The van der Waals surface area contributed by atoms with Crippen LogP contribution >= 0.6 is 0 Å². The number of nitrogens with two attached hydrogens (primary N) is 1. The number of carbonyl (C=O) groups is 1. The first-order chi connectivity index (χ1) is 9.59. The van der Waals surface area contributed by atoms with Crippen molar-refractivity contribution in [2.24, 2.45) is 5.73 Å². The highest BCUT2D eigenvalue weighted by atomic mass is 28.4. The molecule has 1 saturated heterocycles. The lowest BCUT2D eigenvalue weighted by Gasteiger charge is -2.48. The lowest BCUT2D eigenvalue weighted by Crippen LogP contribution is -2.64. The molecule has 0 aromatic carbocycles. The summed E-state index contributed by atoms with van der Waals surface area (Å²) in [5.74, 6) is -0.373. The molecule has 1 rings (SSSR count). The molecule has 0 aromatic heterocycles. The van der Waals surface area contributed by atoms with Crippen LogP contribution in [0.2, 0.25) is 6.04 Å². The number of hydrogen-bond donors (Lipinski definition) is 1. The Balaban J connectivity index is 2.65. The smallest absolute Gasteiger partial charge is 0.370 e. The van der Waals surface area contributed by atoms with Gasteiger partial charge in [0, 0.05) is 21.3 Å². The molecule has 1 aliphatic rings. The molecule has 1 heterocycles. The zero-order chi connectivity index (χ0) is 15.1. The molecule has 0 amide bonds. The first-order valence-electron chi connectivity index (χ1n) is 7.11. The van der Waals surface area contributed by atoms with Crippen molar-refractivity contribution in [1.82, 2.24) is 0 Å². The van der Waals surface area contributed by atoms with Crippen molar-refractivity contribution in [2.75, 3.05) is 34.5 Å². The van der Waals surface area contributed by atoms with Crippen LogP contribution in [0.15, 0.2) is 0 Å². The van der Waals surface area contributed by atoms with E-state index in [0.29, 0.717) is 6.61 Å². The van der Waals surface area contributed by atoms with Crippen molar-refractivity contribution in [3.8, 4) is 0 Å². The molecule has 0 spiro atoms. The van der Waals surface area contributed by atoms with Gasteiger partial charge in [-0.05, 0) is 25.3 Å². The number of carbonyl (C=O) groups excluding carboxylic acids is 1. The second kappa shape index (κ2) is 8.09. The van der Waals surface area contributed by atoms with E-state index < -0.39 is 8.56 Å². The van der Waals surface area contributed by atoms with Gasteiger partial charge in [0.15, 0.2) is 0 Å². The Morgan fingerprint density at radius 2 is 1.95 bits per heavy atom. The highest BCUT2D eigenvalue weighted by molar-refractivity contribution is 6.70. The summed E-state index contributed by atoms with van der Waals surface area (Å²) in [5, 5.41) is -0.357. The summed E-state index contributed by atoms with van der Waals surface area (Å²) in [6.45, 7) is 0.281. The largest absolute Gasteiger partial charge is 0.465 e. The van der Waals surface area contributed by atoms with E-state index >= 15 is 0 Å². The van der Waals surface area contributed by atoms with E-state index in [-0.39, 0.29) is 17.7 Å². The van der Waals surface area contributed by atoms with Gasteiger partial charge in [-0.3, -0.25) is 4.79 Å². The number of methoxy groups -OCH3 is 1. The third-order valence-corrected chi connectivity index (χ3v) is 8.66. The van der Waals surface area contributed by atoms with Gasteiger partial charge in [0.2, 0.25) is 0 Å². The Bertz CT molecular complexity index is 311. The number of rotatable bonds is 8. The maximum atomic E-state index is 11.0. The van der Waals surface area contributed by atoms with E-state index in [1.54, 1.807) is 21.3 Å². The van der Waals surface area contributed by atoms with Gasteiger partial charge in [-0.15, -0.1) is 0 Å². The number of esters is 1. The Hall–Kier alpha value is -0.473. The Labute approximate surface area is 122 Å². The Morgan fingerprint density at radius 3 is 2.50 bits per heavy atom. The summed E-state index contributed by atoms with van der Waals surface area (Å²) in [4.78, 5) is 11.0. The highest BCUT2D eigenvalue weighted by Crippen LogP contribution is 2.42. The standard InChI is InChI=1S/C13H27NO5Si/c1-16-13(8-6-9-19-12(15)11-14)7-4-5-10-20(13,17-2)18-3/h4-11,14H2,1-3H3. The lowest BCUT2D eigenvalue weighted by molar-refractivity contribution is -0.142. The summed E-state index contributed by atoms with van der Waals surface area (Å²) < 4.78 is 22.5. The predicted octanol–water partition coefficient (Wildman–Crippen LogP) is 1.11. The first-order valence-corrected chi connectivity index (χ1v) is 9.13. The van der Waals surface area contributed by atoms with E-state index in [9.17, 15) is 4.79 Å². The number of hydrogen-bond acceptors (Lipinski definition) is 6. The van der Waals surface area contributed by atoms with Crippen LogP contribution in [-0.2, 0) is 23.1 Å². The third-order valence-electron chi connectivity index (χ3n) is 4.24. The summed E-state index contributed by atoms with van der Waals surface area (Å²) in [7, 11) is 2.76. The van der Waals surface area contributed by atoms with Crippen LogP contribution in [0.1, 0.15) is 32.1 Å². The minimum atomic E-state index is -2.38. The van der Waals surface area contributed by atoms with Crippen LogP contribution in [-0.4, -0.2) is 54.2 Å². The van der Waals surface area contributed by atoms with E-state index in [2.05, 4.69) is 0 Å². The molecule has 1 unspecified atom stereocenters. The monoisotopic (exact) mass is 305 g/mol. The maximum absolute atomic E-state index is 11.0. The SMILES string of the molecule is COC1(CCCOC(=O)CN)CCCC[Si]1(OC)OC. The minimum Gasteiger partial charge on any atom is -0.465 e. The maximum Gasteiger partial charge on any atom is 0.370 e. The molecule has 1 aliphatic heterocycles. The van der Waals surface area contributed by atoms with Crippen molar-refractivity contribution < 1.29 is 23.1 Å². The Morgan fingerprint density at radius 1 is 1.25 bits per heavy atom. The van der Waals surface area contributed by atoms with Crippen LogP contribution < -0.4 is 5.73 Å². The van der Waals surface area contributed by atoms with Crippen LogP contribution in [0.25, 0.3) is 0 Å². The topological polar surface area (TPSA) is 80.0 Å². The van der Waals surface area contributed by atoms with E-state index in [4.69, 9.17) is 24.1 Å². The molecule has 0 aromatic rings. The van der Waals surface area contributed by atoms with Gasteiger partial charge in [0.1, 0.15) is 5.22 Å². The molecule has 1 atom stereocenters. The van der Waals surface area contributed by atoms with Crippen molar-refractivity contribution >= 4 is 14.5 Å². The van der Waals surface area contributed by atoms with Crippen LogP contribution in [0.3, 0.4) is 0 Å². The molecular weight excluding hydrogens is 278 g/mol. The predicted molar refractivity (Wildman–Crippen MR) is 77.4 cm³/mol. The number of ether oxygens (including phenoxy) is 2. The molecule has 6 nitrogen and oxygen atoms in total. The summed E-state index contributed by atoms with van der Waals surface area (Å²) in [6, 6.07) is 0.941. The van der Waals surface area contributed by atoms with Gasteiger partial charge in [-0.2, -0.15) is 0 Å². The summed E-state index contributed by atoms with van der Waals surface area (Å²) in [5.41, 5.74) is 5.20. The van der Waals surface area contributed by atoms with Crippen LogP contribution in [0.4, 0.5) is 0 Å². The van der Waals surface area contributed by atoms with Gasteiger partial charge in [-0.25, -0.2) is 0 Å². The van der Waals surface area contributed by atoms with Crippen molar-refractivity contribution in [1.29, 1.82) is 0 Å². The summed E-state index contributed by atoms with van der Waals surface area (Å²) in [6.07, 6.45) is 4.65. The van der Waals surface area contributed by atoms with Crippen molar-refractivity contribution in [2.45, 2.75) is 43.4 Å².